The Morgan fingerprint density at radius 2 is 1.83 bits per heavy atom. The summed E-state index contributed by atoms with van der Waals surface area (Å²) in [6, 6.07) is 14.3. The van der Waals surface area contributed by atoms with Crippen LogP contribution in [0.2, 0.25) is 0 Å². The second-order valence-electron chi connectivity index (χ2n) is 10.0. The molecule has 2 aromatic heterocycles. The standard InChI is InChI=1S/C27H33N5O2S2/c1-17-15-21(12-13-23(17)30-36(4,33)34)32-26(25(29-27(32)35)24-11-7-8-14-28-24)22-16-18(2)31(19(22)3)20-9-5-6-10-20/h7-8,11-16,20,25-26,30H,5-6,9-10H2,1-4H3,(H,29,35)/t25-,26-/m0/s1. The van der Waals surface area contributed by atoms with Crippen LogP contribution in [0, 0.1) is 20.8 Å². The summed E-state index contributed by atoms with van der Waals surface area (Å²) in [4.78, 5) is 6.83. The van der Waals surface area contributed by atoms with E-state index >= 15 is 0 Å². The number of hydrogen-bond acceptors (Lipinski definition) is 4. The van der Waals surface area contributed by atoms with E-state index in [2.05, 4.69) is 44.4 Å². The first-order valence-electron chi connectivity index (χ1n) is 12.4. The first kappa shape index (κ1) is 24.8. The van der Waals surface area contributed by atoms with Crippen molar-refractivity contribution in [3.05, 3.63) is 76.9 Å². The summed E-state index contributed by atoms with van der Waals surface area (Å²) < 4.78 is 28.7. The van der Waals surface area contributed by atoms with E-state index in [4.69, 9.17) is 12.2 Å². The fraction of sp³-hybridized carbons (Fsp3) is 0.407. The maximum atomic E-state index is 11.8. The first-order valence-corrected chi connectivity index (χ1v) is 14.7. The molecule has 2 fully saturated rings. The molecule has 1 aliphatic carbocycles. The van der Waals surface area contributed by atoms with Crippen molar-refractivity contribution in [1.82, 2.24) is 14.9 Å². The third-order valence-corrected chi connectivity index (χ3v) is 8.32. The molecule has 0 bridgehead atoms. The molecular formula is C27H33N5O2S2. The van der Waals surface area contributed by atoms with Crippen molar-refractivity contribution < 1.29 is 8.42 Å². The molecule has 1 aliphatic heterocycles. The van der Waals surface area contributed by atoms with Crippen LogP contribution in [0.3, 0.4) is 0 Å². The van der Waals surface area contributed by atoms with Crippen LogP contribution in [-0.4, -0.2) is 29.3 Å². The highest BCUT2D eigenvalue weighted by atomic mass is 32.2. The highest BCUT2D eigenvalue weighted by Crippen LogP contribution is 2.45. The molecule has 2 aliphatic rings. The number of aromatic nitrogens is 2. The lowest BCUT2D eigenvalue weighted by molar-refractivity contribution is 0.494. The van der Waals surface area contributed by atoms with Gasteiger partial charge < -0.3 is 14.8 Å². The van der Waals surface area contributed by atoms with Crippen LogP contribution >= 0.6 is 12.2 Å². The van der Waals surface area contributed by atoms with Gasteiger partial charge in [-0.2, -0.15) is 0 Å². The molecule has 1 saturated heterocycles. The number of rotatable bonds is 6. The van der Waals surface area contributed by atoms with Crippen LogP contribution in [0.4, 0.5) is 11.4 Å². The average molecular weight is 524 g/mol. The molecule has 2 N–H and O–H groups in total. The lowest BCUT2D eigenvalue weighted by Crippen LogP contribution is -2.29. The van der Waals surface area contributed by atoms with E-state index in [1.807, 2.05) is 43.5 Å². The van der Waals surface area contributed by atoms with Crippen LogP contribution < -0.4 is 14.9 Å². The molecule has 3 heterocycles. The maximum Gasteiger partial charge on any atom is 0.229 e. The van der Waals surface area contributed by atoms with Gasteiger partial charge >= 0.3 is 0 Å². The van der Waals surface area contributed by atoms with Gasteiger partial charge in [0.1, 0.15) is 0 Å². The Morgan fingerprint density at radius 3 is 2.47 bits per heavy atom. The number of nitrogens with zero attached hydrogens (tertiary/aromatic N) is 3. The zero-order valence-corrected chi connectivity index (χ0v) is 22.8. The summed E-state index contributed by atoms with van der Waals surface area (Å²) in [5.74, 6) is 0. The molecular weight excluding hydrogens is 490 g/mol. The van der Waals surface area contributed by atoms with Crippen molar-refractivity contribution in [3.8, 4) is 0 Å². The Kier molecular flexibility index (Phi) is 6.55. The van der Waals surface area contributed by atoms with Gasteiger partial charge in [0.05, 0.1) is 29.7 Å². The van der Waals surface area contributed by atoms with Crippen molar-refractivity contribution in [2.45, 2.75) is 64.6 Å². The summed E-state index contributed by atoms with van der Waals surface area (Å²) in [6.07, 6.45) is 7.98. The normalized spacial score (nSPS) is 20.7. The Morgan fingerprint density at radius 1 is 1.08 bits per heavy atom. The third kappa shape index (κ3) is 4.62. The van der Waals surface area contributed by atoms with Crippen molar-refractivity contribution in [2.24, 2.45) is 0 Å². The predicted molar refractivity (Wildman–Crippen MR) is 149 cm³/mol. The molecule has 5 rings (SSSR count). The lowest BCUT2D eigenvalue weighted by atomic mass is 9.96. The lowest BCUT2D eigenvalue weighted by Gasteiger charge is -2.29. The van der Waals surface area contributed by atoms with E-state index < -0.39 is 10.0 Å². The smallest absolute Gasteiger partial charge is 0.229 e. The topological polar surface area (TPSA) is 79.3 Å². The fourth-order valence-corrected chi connectivity index (χ4v) is 6.86. The molecule has 0 unspecified atom stereocenters. The largest absolute Gasteiger partial charge is 0.351 e. The van der Waals surface area contributed by atoms with E-state index in [-0.39, 0.29) is 12.1 Å². The number of benzene rings is 1. The Bertz CT molecular complexity index is 1400. The molecule has 1 saturated carbocycles. The van der Waals surface area contributed by atoms with Gasteiger partial charge in [0, 0.05) is 29.3 Å². The van der Waals surface area contributed by atoms with E-state index in [0.717, 1.165) is 23.2 Å². The van der Waals surface area contributed by atoms with E-state index in [1.54, 1.807) is 6.07 Å². The quantitative estimate of drug-likeness (QED) is 0.417. The Balaban J connectivity index is 1.62. The second kappa shape index (κ2) is 9.52. The molecule has 3 aromatic rings. The molecule has 0 amide bonds. The van der Waals surface area contributed by atoms with Crippen LogP contribution in [0.5, 0.6) is 0 Å². The summed E-state index contributed by atoms with van der Waals surface area (Å²) in [6.45, 7) is 6.33. The average Bonchev–Trinajstić information content (AvgIpc) is 3.53. The monoisotopic (exact) mass is 523 g/mol. The van der Waals surface area contributed by atoms with Crippen LogP contribution in [0.1, 0.15) is 72.0 Å². The SMILES string of the molecule is Cc1cc(N2C(=S)N[C@@H](c3ccccn3)[C@@H]2c2cc(C)n(C3CCCC3)c2C)ccc1NS(C)(=O)=O. The molecule has 36 heavy (non-hydrogen) atoms. The fourth-order valence-electron chi connectivity index (χ4n) is 5.89. The molecule has 1 aromatic carbocycles. The number of hydrogen-bond donors (Lipinski definition) is 2. The molecule has 7 nitrogen and oxygen atoms in total. The van der Waals surface area contributed by atoms with E-state index in [9.17, 15) is 8.42 Å². The Labute approximate surface area is 219 Å². The van der Waals surface area contributed by atoms with Gasteiger partial charge in [-0.1, -0.05) is 18.9 Å². The molecule has 190 valence electrons. The highest BCUT2D eigenvalue weighted by Gasteiger charge is 2.42. The zero-order chi connectivity index (χ0) is 25.6. The minimum absolute atomic E-state index is 0.0955. The zero-order valence-electron chi connectivity index (χ0n) is 21.2. The van der Waals surface area contributed by atoms with Gasteiger partial charge in [-0.15, -0.1) is 0 Å². The van der Waals surface area contributed by atoms with Crippen LogP contribution in [-0.2, 0) is 10.0 Å². The number of pyridine rings is 1. The van der Waals surface area contributed by atoms with Crippen molar-refractivity contribution in [3.63, 3.8) is 0 Å². The highest BCUT2D eigenvalue weighted by molar-refractivity contribution is 7.92. The van der Waals surface area contributed by atoms with Crippen molar-refractivity contribution >= 4 is 38.7 Å². The summed E-state index contributed by atoms with van der Waals surface area (Å²) in [5.41, 5.74) is 7.03. The number of sulfonamides is 1. The van der Waals surface area contributed by atoms with Crippen LogP contribution in [0.15, 0.2) is 48.7 Å². The summed E-state index contributed by atoms with van der Waals surface area (Å²) >= 11 is 5.90. The predicted octanol–water partition coefficient (Wildman–Crippen LogP) is 5.47. The van der Waals surface area contributed by atoms with Gasteiger partial charge in [-0.3, -0.25) is 9.71 Å². The first-order chi connectivity index (χ1) is 17.1. The van der Waals surface area contributed by atoms with E-state index in [1.165, 1.54) is 42.6 Å². The van der Waals surface area contributed by atoms with E-state index in [0.29, 0.717) is 16.8 Å². The number of nitrogens with one attached hydrogen (secondary N) is 2. The third-order valence-electron chi connectivity index (χ3n) is 7.41. The minimum atomic E-state index is -3.37. The molecule has 0 radical (unpaired) electrons. The maximum absolute atomic E-state index is 11.8. The summed E-state index contributed by atoms with van der Waals surface area (Å²) in [7, 11) is -3.37. The van der Waals surface area contributed by atoms with Gasteiger partial charge in [-0.05, 0) is 93.4 Å². The van der Waals surface area contributed by atoms with Gasteiger partial charge in [0.2, 0.25) is 10.0 Å². The minimum Gasteiger partial charge on any atom is -0.351 e. The van der Waals surface area contributed by atoms with Gasteiger partial charge in [0.15, 0.2) is 5.11 Å². The molecule has 2 atom stereocenters. The number of thiocarbonyl (C=S) groups is 1. The number of anilines is 2. The van der Waals surface area contributed by atoms with Crippen molar-refractivity contribution in [1.29, 1.82) is 0 Å². The van der Waals surface area contributed by atoms with Crippen molar-refractivity contribution in [2.75, 3.05) is 15.9 Å². The van der Waals surface area contributed by atoms with Gasteiger partial charge in [0.25, 0.3) is 0 Å². The molecule has 0 spiro atoms. The number of aryl methyl sites for hydroxylation is 2. The van der Waals surface area contributed by atoms with Crippen LogP contribution in [0.25, 0.3) is 0 Å². The Hall–Kier alpha value is -2.91. The summed E-state index contributed by atoms with van der Waals surface area (Å²) in [5, 5.41) is 4.17. The second-order valence-corrected chi connectivity index (χ2v) is 12.1. The van der Waals surface area contributed by atoms with Gasteiger partial charge in [-0.25, -0.2) is 8.42 Å². The molecule has 9 heteroatoms.